The molecule has 4 aromatic carbocycles. The van der Waals surface area contributed by atoms with Crippen molar-refractivity contribution in [3.63, 3.8) is 0 Å². The van der Waals surface area contributed by atoms with Crippen molar-refractivity contribution in [1.29, 1.82) is 0 Å². The van der Waals surface area contributed by atoms with Crippen LogP contribution in [0.1, 0.15) is 120 Å². The number of unbranched alkanes of at least 4 members (excludes halogenated alkanes) is 3. The molecule has 0 saturated carbocycles. The zero-order valence-corrected chi connectivity index (χ0v) is 45.5. The van der Waals surface area contributed by atoms with E-state index in [0.29, 0.717) is 77.5 Å². The molecule has 22 N–H and O–H groups in total. The summed E-state index contributed by atoms with van der Waals surface area (Å²) in [6.45, 7) is 2.68. The number of benzene rings is 4. The fourth-order valence-corrected chi connectivity index (χ4v) is 8.45. The molecule has 5 atom stereocenters. The van der Waals surface area contributed by atoms with Crippen LogP contribution in [0, 0.1) is 0 Å². The smallest absolute Gasteiger partial charge is 0.337 e. The molecule has 0 aliphatic carbocycles. The molecule has 0 aliphatic heterocycles. The van der Waals surface area contributed by atoms with E-state index in [1.165, 1.54) is 81.8 Å². The van der Waals surface area contributed by atoms with Gasteiger partial charge in [-0.1, -0.05) is 6.42 Å². The summed E-state index contributed by atoms with van der Waals surface area (Å²) in [4.78, 5) is 108. The molecule has 6 amide bonds. The van der Waals surface area contributed by atoms with Crippen LogP contribution < -0.4 is 86.8 Å². The number of amides is 6. The lowest BCUT2D eigenvalue weighted by atomic mass is 9.98. The van der Waals surface area contributed by atoms with Gasteiger partial charge in [0.15, 0.2) is 5.78 Å². The van der Waals surface area contributed by atoms with E-state index in [0.717, 1.165) is 0 Å². The molecule has 4 rings (SSSR count). The average Bonchev–Trinajstić information content (AvgIpc) is 3.45. The van der Waals surface area contributed by atoms with E-state index in [9.17, 15) is 43.5 Å². The molecule has 0 aromatic heterocycles. The Morgan fingerprint density at radius 1 is 0.487 bits per heavy atom. The third-order valence-electron chi connectivity index (χ3n) is 12.9. The number of aromatic carboxylic acids is 1. The number of carboxylic acids is 1. The molecule has 4 aromatic rings. The standard InChI is InChI=1S/C55H78N14O11/c1-31(70)48(38-29-34(17-21-46(38)79-2)65-53(75)44(13-5-8-24-57)68-49(71)36-27-32(15-19-40(36)60)63-51(73)42(62)11-10-26-59)67-43(12-4-7-23-56)52(74)66-35-18-22-47(80-3)39(30-35)50(72)69-45(14-6-9-25-58)54(76)64-33-16-20-41(61)37(28-33)55(77)78/h15-22,27-30,42-45,48,67H,4-14,23-26,56-62H2,1-3H3,(H,63,73)(H,64,76)(H,65,75)(H,66,74)(H,68,71)(H,69,72)(H,77,78). The van der Waals surface area contributed by atoms with Crippen LogP contribution in [0.5, 0.6) is 11.5 Å². The summed E-state index contributed by atoms with van der Waals surface area (Å²) >= 11 is 0. The van der Waals surface area contributed by atoms with Crippen LogP contribution in [0.15, 0.2) is 72.8 Å². The highest BCUT2D eigenvalue weighted by Crippen LogP contribution is 2.31. The molecule has 0 bridgehead atoms. The van der Waals surface area contributed by atoms with Gasteiger partial charge in [-0.2, -0.15) is 0 Å². The van der Waals surface area contributed by atoms with Crippen molar-refractivity contribution < 1.29 is 52.9 Å². The Labute approximate surface area is 464 Å². The zero-order chi connectivity index (χ0) is 58.9. The quantitative estimate of drug-likeness (QED) is 0.0236. The van der Waals surface area contributed by atoms with E-state index < -0.39 is 77.4 Å². The molecule has 0 spiro atoms. The number of rotatable bonds is 34. The Morgan fingerprint density at radius 2 is 0.887 bits per heavy atom. The fourth-order valence-electron chi connectivity index (χ4n) is 8.45. The number of carboxylic acid groups (broad SMARTS) is 1. The number of ketones is 1. The summed E-state index contributed by atoms with van der Waals surface area (Å²) < 4.78 is 11.2. The first kappa shape index (κ1) is 64.3. The summed E-state index contributed by atoms with van der Waals surface area (Å²) in [7, 11) is 2.74. The van der Waals surface area contributed by atoms with Gasteiger partial charge in [0.05, 0.1) is 49.0 Å². The topological polar surface area (TPSA) is 442 Å². The van der Waals surface area contributed by atoms with Gasteiger partial charge in [0.25, 0.3) is 11.8 Å². The van der Waals surface area contributed by atoms with Crippen molar-refractivity contribution in [3.05, 3.63) is 95.1 Å². The number of carbonyl (C=O) groups is 8. The molecule has 25 nitrogen and oxygen atoms in total. The molecule has 0 heterocycles. The van der Waals surface area contributed by atoms with Crippen LogP contribution in [0.4, 0.5) is 34.1 Å². The van der Waals surface area contributed by atoms with Crippen LogP contribution in [0.2, 0.25) is 0 Å². The maximum atomic E-state index is 14.4. The molecular formula is C55H78N14O11. The van der Waals surface area contributed by atoms with Crippen LogP contribution >= 0.6 is 0 Å². The van der Waals surface area contributed by atoms with Crippen molar-refractivity contribution in [2.45, 2.75) is 108 Å². The second-order valence-electron chi connectivity index (χ2n) is 18.9. The third kappa shape index (κ3) is 19.3. The highest BCUT2D eigenvalue weighted by molar-refractivity contribution is 6.06. The minimum absolute atomic E-state index is 0.00293. The van der Waals surface area contributed by atoms with E-state index in [4.69, 9.17) is 49.6 Å². The SMILES string of the molecule is COc1ccc(NC(=O)C(CCCCN)NC(C(C)=O)c2cc(NC(=O)C(CCCCN)NC(=O)c3cc(NC(=O)C(N)CCCN)ccc3N)ccc2OC)cc1C(=O)NC(CCCCN)C(=O)Nc1ccc(N)c(C(=O)O)c1. The van der Waals surface area contributed by atoms with Gasteiger partial charge < -0.3 is 86.6 Å². The number of hydrogen-bond donors (Lipinski definition) is 15. The molecule has 434 valence electrons. The molecule has 80 heavy (non-hydrogen) atoms. The molecule has 0 aliphatic rings. The Balaban J connectivity index is 1.59. The minimum atomic E-state index is -1.29. The molecule has 0 fully saturated rings. The van der Waals surface area contributed by atoms with E-state index in [1.54, 1.807) is 12.1 Å². The Morgan fingerprint density at radius 3 is 1.36 bits per heavy atom. The number of carbonyl (C=O) groups excluding carboxylic acids is 7. The van der Waals surface area contributed by atoms with Gasteiger partial charge >= 0.3 is 5.97 Å². The number of hydrogen-bond acceptors (Lipinski definition) is 18. The highest BCUT2D eigenvalue weighted by Gasteiger charge is 2.31. The van der Waals surface area contributed by atoms with Gasteiger partial charge in [-0.3, -0.25) is 38.9 Å². The minimum Gasteiger partial charge on any atom is -0.496 e. The van der Waals surface area contributed by atoms with Crippen molar-refractivity contribution in [3.8, 4) is 11.5 Å². The lowest BCUT2D eigenvalue weighted by Crippen LogP contribution is -2.45. The fraction of sp³-hybridized carbons (Fsp3) is 0.418. The van der Waals surface area contributed by atoms with E-state index in [-0.39, 0.29) is 87.1 Å². The van der Waals surface area contributed by atoms with Gasteiger partial charge in [0, 0.05) is 39.7 Å². The molecule has 5 unspecified atom stereocenters. The summed E-state index contributed by atoms with van der Waals surface area (Å²) in [6, 6.07) is 12.0. The number of Topliss-reactive ketones (excluding diaryl/α,β-unsaturated/α-hetero) is 1. The molecule has 0 radical (unpaired) electrons. The van der Waals surface area contributed by atoms with Crippen molar-refractivity contribution in [2.75, 3.05) is 73.1 Å². The highest BCUT2D eigenvalue weighted by atomic mass is 16.5. The first-order chi connectivity index (χ1) is 38.3. The van der Waals surface area contributed by atoms with Crippen molar-refractivity contribution in [1.82, 2.24) is 16.0 Å². The third-order valence-corrected chi connectivity index (χ3v) is 12.9. The number of ether oxygens (including phenoxy) is 2. The van der Waals surface area contributed by atoms with E-state index >= 15 is 0 Å². The predicted molar refractivity (Wildman–Crippen MR) is 307 cm³/mol. The number of methoxy groups -OCH3 is 2. The van der Waals surface area contributed by atoms with Crippen molar-refractivity contribution in [2.24, 2.45) is 28.7 Å². The van der Waals surface area contributed by atoms with Gasteiger partial charge in [-0.15, -0.1) is 0 Å². The molecule has 0 saturated heterocycles. The lowest BCUT2D eigenvalue weighted by molar-refractivity contribution is -0.121. The number of nitrogens with two attached hydrogens (primary N) is 7. The van der Waals surface area contributed by atoms with Gasteiger partial charge in [0.2, 0.25) is 23.6 Å². The van der Waals surface area contributed by atoms with Crippen LogP contribution in [-0.2, 0) is 24.0 Å². The first-order valence-corrected chi connectivity index (χ1v) is 26.3. The summed E-state index contributed by atoms with van der Waals surface area (Å²) in [5, 5.41) is 29.2. The maximum Gasteiger partial charge on any atom is 0.337 e. The van der Waals surface area contributed by atoms with Gasteiger partial charge in [0.1, 0.15) is 23.6 Å². The Bertz CT molecular complexity index is 2800. The lowest BCUT2D eigenvalue weighted by Gasteiger charge is -2.26. The Kier molecular flexibility index (Phi) is 26.2. The van der Waals surface area contributed by atoms with Crippen LogP contribution in [0.3, 0.4) is 0 Å². The number of nitrogens with one attached hydrogen (secondary N) is 7. The van der Waals surface area contributed by atoms with E-state index in [1.807, 2.05) is 0 Å². The second-order valence-corrected chi connectivity index (χ2v) is 18.9. The monoisotopic (exact) mass is 1110 g/mol. The maximum absolute atomic E-state index is 14.4. The normalized spacial score (nSPS) is 12.8. The zero-order valence-electron chi connectivity index (χ0n) is 45.5. The van der Waals surface area contributed by atoms with Gasteiger partial charge in [-0.25, -0.2) is 4.79 Å². The predicted octanol–water partition coefficient (Wildman–Crippen LogP) is 2.66. The molecular weight excluding hydrogens is 1030 g/mol. The summed E-state index contributed by atoms with van der Waals surface area (Å²) in [6.07, 6.45) is 4.44. The van der Waals surface area contributed by atoms with Crippen molar-refractivity contribution >= 4 is 81.3 Å². The number of anilines is 6. The summed E-state index contributed by atoms with van der Waals surface area (Å²) in [5.74, 6) is -5.10. The van der Waals surface area contributed by atoms with Crippen LogP contribution in [-0.4, -0.2) is 117 Å². The van der Waals surface area contributed by atoms with Gasteiger partial charge in [-0.05, 0) is 170 Å². The Hall–Kier alpha value is -8.20. The van der Waals surface area contributed by atoms with Crippen LogP contribution in [0.25, 0.3) is 0 Å². The molecule has 25 heteroatoms. The van der Waals surface area contributed by atoms with E-state index in [2.05, 4.69) is 37.2 Å². The first-order valence-electron chi connectivity index (χ1n) is 26.3. The number of nitrogen functional groups attached to an aromatic ring is 2. The largest absolute Gasteiger partial charge is 0.496 e. The summed E-state index contributed by atoms with van der Waals surface area (Å²) in [5.41, 5.74) is 41.8. The second kappa shape index (κ2) is 32.6. The average molecular weight is 1110 g/mol.